The van der Waals surface area contributed by atoms with Gasteiger partial charge in [-0.05, 0) is 62.7 Å². The Kier molecular flexibility index (Phi) is 3.48. The molecule has 1 saturated carbocycles. The third-order valence-corrected chi connectivity index (χ3v) is 6.20. The highest BCUT2D eigenvalue weighted by Crippen LogP contribution is 2.60. The summed E-state index contributed by atoms with van der Waals surface area (Å²) in [4.78, 5) is 15.1. The van der Waals surface area contributed by atoms with Gasteiger partial charge in [0.1, 0.15) is 0 Å². The zero-order valence-electron chi connectivity index (χ0n) is 13.5. The molecule has 3 heteroatoms. The topological polar surface area (TPSA) is 32.3 Å². The van der Waals surface area contributed by atoms with E-state index in [0.29, 0.717) is 11.9 Å². The number of piperidine rings is 1. The maximum absolute atomic E-state index is 13.0. The first-order chi connectivity index (χ1) is 10.7. The van der Waals surface area contributed by atoms with E-state index in [9.17, 15) is 4.79 Å². The summed E-state index contributed by atoms with van der Waals surface area (Å²) < 4.78 is 0. The monoisotopic (exact) mass is 298 g/mol. The lowest BCUT2D eigenvalue weighted by Gasteiger charge is -2.33. The van der Waals surface area contributed by atoms with Gasteiger partial charge in [0.2, 0.25) is 5.91 Å². The van der Waals surface area contributed by atoms with Gasteiger partial charge in [-0.15, -0.1) is 0 Å². The van der Waals surface area contributed by atoms with Crippen molar-refractivity contribution in [3.63, 3.8) is 0 Å². The summed E-state index contributed by atoms with van der Waals surface area (Å²) in [5.74, 6) is 0.623. The van der Waals surface area contributed by atoms with E-state index in [-0.39, 0.29) is 11.3 Å². The SMILES string of the molecule is CN(C(=O)C1CC12CCCc1ccccc12)C1CCNCC1. The zero-order chi connectivity index (χ0) is 15.2. The molecule has 2 atom stereocenters. The largest absolute Gasteiger partial charge is 0.342 e. The number of fused-ring (bicyclic) bond motifs is 2. The van der Waals surface area contributed by atoms with Crippen LogP contribution in [0.3, 0.4) is 0 Å². The fraction of sp³-hybridized carbons (Fsp3) is 0.632. The molecule has 1 N–H and O–H groups in total. The van der Waals surface area contributed by atoms with Gasteiger partial charge < -0.3 is 10.2 Å². The van der Waals surface area contributed by atoms with E-state index in [2.05, 4.69) is 34.5 Å². The number of rotatable bonds is 2. The summed E-state index contributed by atoms with van der Waals surface area (Å²) >= 11 is 0. The summed E-state index contributed by atoms with van der Waals surface area (Å²) in [6.07, 6.45) is 6.87. The second-order valence-electron chi connectivity index (χ2n) is 7.35. The van der Waals surface area contributed by atoms with Crippen molar-refractivity contribution in [1.82, 2.24) is 10.2 Å². The molecular formula is C19H26N2O. The van der Waals surface area contributed by atoms with Crippen LogP contribution >= 0.6 is 0 Å². The van der Waals surface area contributed by atoms with Gasteiger partial charge >= 0.3 is 0 Å². The molecule has 22 heavy (non-hydrogen) atoms. The Morgan fingerprint density at radius 3 is 2.86 bits per heavy atom. The Bertz CT molecular complexity index is 579. The van der Waals surface area contributed by atoms with E-state index in [1.807, 2.05) is 7.05 Å². The number of benzene rings is 1. The normalized spacial score (nSPS) is 30.9. The first-order valence-electron chi connectivity index (χ1n) is 8.78. The Balaban J connectivity index is 1.53. The van der Waals surface area contributed by atoms with Gasteiger partial charge in [0.15, 0.2) is 0 Å². The predicted octanol–water partition coefficient (Wildman–Crippen LogP) is 2.49. The second kappa shape index (κ2) is 5.38. The number of carbonyl (C=O) groups is 1. The molecule has 0 radical (unpaired) electrons. The average molecular weight is 298 g/mol. The van der Waals surface area contributed by atoms with Crippen molar-refractivity contribution in [2.24, 2.45) is 5.92 Å². The number of amides is 1. The molecule has 2 aliphatic carbocycles. The first-order valence-corrected chi connectivity index (χ1v) is 8.78. The maximum Gasteiger partial charge on any atom is 0.226 e. The summed E-state index contributed by atoms with van der Waals surface area (Å²) in [6.45, 7) is 2.09. The minimum absolute atomic E-state index is 0.174. The van der Waals surface area contributed by atoms with Crippen molar-refractivity contribution in [2.45, 2.75) is 50.0 Å². The van der Waals surface area contributed by atoms with Crippen LogP contribution in [0, 0.1) is 5.92 Å². The average Bonchev–Trinajstić information content (AvgIpc) is 3.29. The third kappa shape index (κ3) is 2.18. The molecule has 3 nitrogen and oxygen atoms in total. The lowest BCUT2D eigenvalue weighted by molar-refractivity contribution is -0.134. The van der Waals surface area contributed by atoms with Gasteiger partial charge in [-0.1, -0.05) is 24.3 Å². The highest BCUT2D eigenvalue weighted by atomic mass is 16.2. The van der Waals surface area contributed by atoms with Crippen LogP contribution in [0.5, 0.6) is 0 Å². The first kappa shape index (κ1) is 14.3. The molecule has 1 amide bonds. The van der Waals surface area contributed by atoms with Gasteiger partial charge in [0.05, 0.1) is 0 Å². The summed E-state index contributed by atoms with van der Waals surface area (Å²) in [5.41, 5.74) is 3.12. The van der Waals surface area contributed by atoms with Crippen LogP contribution in [0.25, 0.3) is 0 Å². The van der Waals surface area contributed by atoms with E-state index >= 15 is 0 Å². The van der Waals surface area contributed by atoms with Crippen LogP contribution in [-0.2, 0) is 16.6 Å². The molecule has 0 aromatic heterocycles. The number of hydrogen-bond donors (Lipinski definition) is 1. The van der Waals surface area contributed by atoms with Gasteiger partial charge in [-0.3, -0.25) is 4.79 Å². The molecule has 1 heterocycles. The zero-order valence-corrected chi connectivity index (χ0v) is 13.5. The molecule has 118 valence electrons. The highest BCUT2D eigenvalue weighted by Gasteiger charge is 2.60. The molecule has 3 aliphatic rings. The molecule has 1 aromatic carbocycles. The van der Waals surface area contributed by atoms with Crippen LogP contribution in [-0.4, -0.2) is 37.0 Å². The van der Waals surface area contributed by atoms with Crippen LogP contribution in [0.15, 0.2) is 24.3 Å². The lowest BCUT2D eigenvalue weighted by Crippen LogP contribution is -2.45. The Hall–Kier alpha value is -1.35. The quantitative estimate of drug-likeness (QED) is 0.910. The van der Waals surface area contributed by atoms with Gasteiger partial charge in [0.25, 0.3) is 0 Å². The van der Waals surface area contributed by atoms with Crippen LogP contribution in [0.4, 0.5) is 0 Å². The minimum Gasteiger partial charge on any atom is -0.342 e. The fourth-order valence-corrected chi connectivity index (χ4v) is 4.78. The lowest BCUT2D eigenvalue weighted by atomic mass is 9.78. The van der Waals surface area contributed by atoms with Crippen molar-refractivity contribution in [3.05, 3.63) is 35.4 Å². The fourth-order valence-electron chi connectivity index (χ4n) is 4.78. The van der Waals surface area contributed by atoms with E-state index in [0.717, 1.165) is 32.4 Å². The number of nitrogens with one attached hydrogen (secondary N) is 1. The van der Waals surface area contributed by atoms with Crippen LogP contribution < -0.4 is 5.32 Å². The summed E-state index contributed by atoms with van der Waals surface area (Å²) in [5, 5.41) is 3.39. The van der Waals surface area contributed by atoms with E-state index in [1.54, 1.807) is 0 Å². The smallest absolute Gasteiger partial charge is 0.226 e. The summed E-state index contributed by atoms with van der Waals surface area (Å²) in [6, 6.07) is 9.24. The number of nitrogens with zero attached hydrogens (tertiary/aromatic N) is 1. The molecule has 1 aromatic rings. The number of hydrogen-bond acceptors (Lipinski definition) is 2. The van der Waals surface area contributed by atoms with Gasteiger partial charge in [0, 0.05) is 24.4 Å². The van der Waals surface area contributed by atoms with E-state index < -0.39 is 0 Å². The van der Waals surface area contributed by atoms with Crippen LogP contribution in [0.2, 0.25) is 0 Å². The number of aryl methyl sites for hydroxylation is 1. The molecule has 1 saturated heterocycles. The highest BCUT2D eigenvalue weighted by molar-refractivity contribution is 5.85. The Morgan fingerprint density at radius 2 is 2.05 bits per heavy atom. The van der Waals surface area contributed by atoms with Crippen molar-refractivity contribution in [3.8, 4) is 0 Å². The second-order valence-corrected chi connectivity index (χ2v) is 7.35. The van der Waals surface area contributed by atoms with Crippen molar-refractivity contribution >= 4 is 5.91 Å². The Labute approximate surface area is 133 Å². The molecule has 2 unspecified atom stereocenters. The molecular weight excluding hydrogens is 272 g/mol. The van der Waals surface area contributed by atoms with Gasteiger partial charge in [-0.25, -0.2) is 0 Å². The van der Waals surface area contributed by atoms with Crippen molar-refractivity contribution in [1.29, 1.82) is 0 Å². The van der Waals surface area contributed by atoms with Crippen molar-refractivity contribution < 1.29 is 4.79 Å². The van der Waals surface area contributed by atoms with Crippen LogP contribution in [0.1, 0.15) is 43.2 Å². The molecule has 1 aliphatic heterocycles. The number of carbonyl (C=O) groups excluding carboxylic acids is 1. The van der Waals surface area contributed by atoms with Crippen molar-refractivity contribution in [2.75, 3.05) is 20.1 Å². The predicted molar refractivity (Wildman–Crippen MR) is 87.8 cm³/mol. The standard InChI is InChI=1S/C19H26N2O/c1-21(15-8-11-20-12-9-15)18(22)17-13-19(17)10-4-6-14-5-2-3-7-16(14)19/h2-3,5,7,15,17,20H,4,6,8-13H2,1H3. The molecule has 1 spiro atoms. The molecule has 2 fully saturated rings. The third-order valence-electron chi connectivity index (χ3n) is 6.20. The van der Waals surface area contributed by atoms with E-state index in [1.165, 1.54) is 30.4 Å². The van der Waals surface area contributed by atoms with Gasteiger partial charge in [-0.2, -0.15) is 0 Å². The van der Waals surface area contributed by atoms with E-state index in [4.69, 9.17) is 0 Å². The Morgan fingerprint density at radius 1 is 1.27 bits per heavy atom. The maximum atomic E-state index is 13.0. The molecule has 4 rings (SSSR count). The molecule has 0 bridgehead atoms. The summed E-state index contributed by atoms with van der Waals surface area (Å²) in [7, 11) is 2.03. The minimum atomic E-state index is 0.174.